The number of hydrogen-bond donors (Lipinski definition) is 1. The van der Waals surface area contributed by atoms with Gasteiger partial charge in [-0.1, -0.05) is 30.3 Å². The quantitative estimate of drug-likeness (QED) is 0.780. The molecule has 1 aromatic heterocycles. The van der Waals surface area contributed by atoms with Crippen LogP contribution in [0.2, 0.25) is 0 Å². The molecule has 1 saturated heterocycles. The summed E-state index contributed by atoms with van der Waals surface area (Å²) in [6, 6.07) is 12.3. The van der Waals surface area contributed by atoms with E-state index < -0.39 is 0 Å². The number of hydrogen-bond acceptors (Lipinski definition) is 6. The molecule has 25 heavy (non-hydrogen) atoms. The van der Waals surface area contributed by atoms with Crippen LogP contribution in [0.3, 0.4) is 0 Å². The van der Waals surface area contributed by atoms with E-state index in [-0.39, 0.29) is 0 Å². The van der Waals surface area contributed by atoms with Gasteiger partial charge in [0.25, 0.3) is 0 Å². The Bertz CT molecular complexity index is 656. The van der Waals surface area contributed by atoms with Crippen LogP contribution >= 0.6 is 0 Å². The van der Waals surface area contributed by atoms with Crippen LogP contribution in [0.5, 0.6) is 0 Å². The number of anilines is 2. The molecule has 6 heteroatoms. The second kappa shape index (κ2) is 8.78. The molecule has 1 aliphatic heterocycles. The van der Waals surface area contributed by atoms with E-state index >= 15 is 0 Å². The third-order valence-electron chi connectivity index (χ3n) is 4.18. The largest absolute Gasteiger partial charge is 0.378 e. The van der Waals surface area contributed by atoms with Crippen LogP contribution in [0.15, 0.2) is 36.4 Å². The SMILES string of the molecule is CN(C)CCCNc1nc(-c2ccccc2)cc(N2CCOCC2)n1. The van der Waals surface area contributed by atoms with Gasteiger partial charge in [0.15, 0.2) is 0 Å². The molecule has 6 nitrogen and oxygen atoms in total. The molecule has 1 fully saturated rings. The molecule has 134 valence electrons. The first-order valence-corrected chi connectivity index (χ1v) is 8.88. The lowest BCUT2D eigenvalue weighted by Crippen LogP contribution is -2.37. The fourth-order valence-corrected chi connectivity index (χ4v) is 2.82. The molecule has 0 unspecified atom stereocenters. The van der Waals surface area contributed by atoms with Gasteiger partial charge in [-0.2, -0.15) is 4.98 Å². The molecule has 0 radical (unpaired) electrons. The monoisotopic (exact) mass is 341 g/mol. The molecule has 0 amide bonds. The maximum Gasteiger partial charge on any atom is 0.225 e. The molecule has 2 aromatic rings. The lowest BCUT2D eigenvalue weighted by molar-refractivity contribution is 0.122. The number of nitrogens with one attached hydrogen (secondary N) is 1. The molecular formula is C19H27N5O. The van der Waals surface area contributed by atoms with E-state index in [1.807, 2.05) is 18.2 Å². The summed E-state index contributed by atoms with van der Waals surface area (Å²) in [5.41, 5.74) is 2.06. The van der Waals surface area contributed by atoms with E-state index in [4.69, 9.17) is 14.7 Å². The predicted octanol–water partition coefficient (Wildman–Crippen LogP) is 2.34. The molecule has 3 rings (SSSR count). The van der Waals surface area contributed by atoms with Crippen LogP contribution < -0.4 is 10.2 Å². The van der Waals surface area contributed by atoms with Gasteiger partial charge in [0, 0.05) is 31.3 Å². The third-order valence-corrected chi connectivity index (χ3v) is 4.18. The lowest BCUT2D eigenvalue weighted by atomic mass is 10.1. The first-order chi connectivity index (χ1) is 12.2. The molecule has 0 bridgehead atoms. The normalized spacial score (nSPS) is 14.8. The van der Waals surface area contributed by atoms with Gasteiger partial charge in [0.1, 0.15) is 5.82 Å². The van der Waals surface area contributed by atoms with Gasteiger partial charge in [-0.15, -0.1) is 0 Å². The summed E-state index contributed by atoms with van der Waals surface area (Å²) in [5, 5.41) is 3.38. The minimum Gasteiger partial charge on any atom is -0.378 e. The van der Waals surface area contributed by atoms with Crippen LogP contribution in [0.25, 0.3) is 11.3 Å². The highest BCUT2D eigenvalue weighted by atomic mass is 16.5. The number of morpholine rings is 1. The van der Waals surface area contributed by atoms with E-state index in [2.05, 4.69) is 47.4 Å². The Morgan fingerprint density at radius 2 is 1.88 bits per heavy atom. The van der Waals surface area contributed by atoms with Crippen molar-refractivity contribution in [1.29, 1.82) is 0 Å². The van der Waals surface area contributed by atoms with Crippen LogP contribution in [0.4, 0.5) is 11.8 Å². The molecule has 0 aliphatic carbocycles. The van der Waals surface area contributed by atoms with Gasteiger partial charge in [-0.05, 0) is 27.1 Å². The zero-order valence-electron chi connectivity index (χ0n) is 15.1. The Hall–Kier alpha value is -2.18. The summed E-state index contributed by atoms with van der Waals surface area (Å²) in [6.45, 7) is 5.13. The summed E-state index contributed by atoms with van der Waals surface area (Å²) in [4.78, 5) is 13.9. The standard InChI is InChI=1S/C19H27N5O/c1-23(2)10-6-9-20-19-21-17(16-7-4-3-5-8-16)15-18(22-19)24-11-13-25-14-12-24/h3-5,7-8,15H,6,9-14H2,1-2H3,(H,20,21,22). The highest BCUT2D eigenvalue weighted by molar-refractivity contribution is 5.64. The second-order valence-electron chi connectivity index (χ2n) is 6.48. The number of ether oxygens (including phenoxy) is 1. The number of benzene rings is 1. The Labute approximate surface area is 149 Å². The van der Waals surface area contributed by atoms with Crippen molar-refractivity contribution < 1.29 is 4.74 Å². The smallest absolute Gasteiger partial charge is 0.225 e. The molecule has 0 saturated carbocycles. The molecule has 1 N–H and O–H groups in total. The molecule has 1 aliphatic rings. The van der Waals surface area contributed by atoms with Crippen molar-refractivity contribution in [2.75, 3.05) is 63.7 Å². The van der Waals surface area contributed by atoms with Crippen molar-refractivity contribution >= 4 is 11.8 Å². The zero-order valence-corrected chi connectivity index (χ0v) is 15.1. The Kier molecular flexibility index (Phi) is 6.19. The van der Waals surface area contributed by atoms with Crippen molar-refractivity contribution in [3.8, 4) is 11.3 Å². The van der Waals surface area contributed by atoms with Crippen molar-refractivity contribution in [2.24, 2.45) is 0 Å². The first-order valence-electron chi connectivity index (χ1n) is 8.88. The van der Waals surface area contributed by atoms with E-state index in [1.54, 1.807) is 0 Å². The van der Waals surface area contributed by atoms with Crippen molar-refractivity contribution in [2.45, 2.75) is 6.42 Å². The van der Waals surface area contributed by atoms with Gasteiger partial charge in [0.2, 0.25) is 5.95 Å². The third kappa shape index (κ3) is 5.14. The minimum atomic E-state index is 0.696. The number of nitrogens with zero attached hydrogens (tertiary/aromatic N) is 4. The molecular weight excluding hydrogens is 314 g/mol. The summed E-state index contributed by atoms with van der Waals surface area (Å²) >= 11 is 0. The lowest BCUT2D eigenvalue weighted by Gasteiger charge is -2.28. The summed E-state index contributed by atoms with van der Waals surface area (Å²) < 4.78 is 5.46. The maximum absolute atomic E-state index is 5.46. The fraction of sp³-hybridized carbons (Fsp3) is 0.474. The Morgan fingerprint density at radius 1 is 1.12 bits per heavy atom. The molecule has 0 spiro atoms. The van der Waals surface area contributed by atoms with E-state index in [9.17, 15) is 0 Å². The summed E-state index contributed by atoms with van der Waals surface area (Å²) in [7, 11) is 4.17. The highest BCUT2D eigenvalue weighted by Gasteiger charge is 2.15. The molecule has 0 atom stereocenters. The van der Waals surface area contributed by atoms with Gasteiger partial charge in [-0.3, -0.25) is 0 Å². The topological polar surface area (TPSA) is 53.5 Å². The zero-order chi connectivity index (χ0) is 17.5. The van der Waals surface area contributed by atoms with E-state index in [0.717, 1.165) is 62.9 Å². The predicted molar refractivity (Wildman–Crippen MR) is 102 cm³/mol. The molecule has 1 aromatic carbocycles. The van der Waals surface area contributed by atoms with Crippen molar-refractivity contribution in [3.05, 3.63) is 36.4 Å². The van der Waals surface area contributed by atoms with Gasteiger partial charge in [-0.25, -0.2) is 4.98 Å². The second-order valence-corrected chi connectivity index (χ2v) is 6.48. The molecule has 2 heterocycles. The van der Waals surface area contributed by atoms with Crippen LogP contribution in [0, 0.1) is 0 Å². The summed E-state index contributed by atoms with van der Waals surface area (Å²) in [5.74, 6) is 1.66. The highest BCUT2D eigenvalue weighted by Crippen LogP contribution is 2.24. The average Bonchev–Trinajstić information content (AvgIpc) is 2.66. The Balaban J connectivity index is 1.80. The van der Waals surface area contributed by atoms with Crippen LogP contribution in [-0.4, -0.2) is 68.4 Å². The number of rotatable bonds is 7. The van der Waals surface area contributed by atoms with Crippen LogP contribution in [0.1, 0.15) is 6.42 Å². The first kappa shape index (κ1) is 17.6. The van der Waals surface area contributed by atoms with Gasteiger partial charge < -0.3 is 19.9 Å². The van der Waals surface area contributed by atoms with Crippen molar-refractivity contribution in [3.63, 3.8) is 0 Å². The van der Waals surface area contributed by atoms with E-state index in [0.29, 0.717) is 5.95 Å². The average molecular weight is 341 g/mol. The van der Waals surface area contributed by atoms with Gasteiger partial charge >= 0.3 is 0 Å². The Morgan fingerprint density at radius 3 is 2.60 bits per heavy atom. The van der Waals surface area contributed by atoms with E-state index in [1.165, 1.54) is 0 Å². The van der Waals surface area contributed by atoms with Crippen LogP contribution in [-0.2, 0) is 4.74 Å². The van der Waals surface area contributed by atoms with Crippen molar-refractivity contribution in [1.82, 2.24) is 14.9 Å². The van der Waals surface area contributed by atoms with Gasteiger partial charge in [0.05, 0.1) is 18.9 Å². The minimum absolute atomic E-state index is 0.696. The maximum atomic E-state index is 5.46. The number of aromatic nitrogens is 2. The summed E-state index contributed by atoms with van der Waals surface area (Å²) in [6.07, 6.45) is 1.05. The fourth-order valence-electron chi connectivity index (χ4n) is 2.82.